The second-order valence-corrected chi connectivity index (χ2v) is 7.30. The maximum atomic E-state index is 12.2. The summed E-state index contributed by atoms with van der Waals surface area (Å²) in [6.07, 6.45) is 5.98. The lowest BCUT2D eigenvalue weighted by Gasteiger charge is -2.26. The van der Waals surface area contributed by atoms with Crippen LogP contribution in [0.3, 0.4) is 0 Å². The summed E-state index contributed by atoms with van der Waals surface area (Å²) in [6.45, 7) is 2.26. The van der Waals surface area contributed by atoms with Gasteiger partial charge in [0.2, 0.25) is 0 Å². The van der Waals surface area contributed by atoms with Gasteiger partial charge in [0.25, 0.3) is 0 Å². The molecular formula is C16H21BrOS. The molecule has 1 aromatic rings. The van der Waals surface area contributed by atoms with E-state index >= 15 is 0 Å². The summed E-state index contributed by atoms with van der Waals surface area (Å²) < 4.78 is 1.08. The summed E-state index contributed by atoms with van der Waals surface area (Å²) >= 11 is 5.13. The van der Waals surface area contributed by atoms with Gasteiger partial charge >= 0.3 is 0 Å². The molecule has 1 aromatic carbocycles. The molecule has 0 radical (unpaired) electrons. The number of Topliss-reactive ketones (excluding diaryl/α,β-unsaturated/α-hetero) is 1. The van der Waals surface area contributed by atoms with Gasteiger partial charge in [-0.1, -0.05) is 35.3 Å². The van der Waals surface area contributed by atoms with Gasteiger partial charge in [0, 0.05) is 15.3 Å². The minimum absolute atomic E-state index is 0.322. The molecule has 0 N–H and O–H groups in total. The second kappa shape index (κ2) is 7.49. The van der Waals surface area contributed by atoms with Gasteiger partial charge in [0.1, 0.15) is 5.78 Å². The third-order valence-corrected chi connectivity index (χ3v) is 5.57. The molecule has 1 saturated carbocycles. The van der Waals surface area contributed by atoms with Gasteiger partial charge in [-0.3, -0.25) is 4.79 Å². The van der Waals surface area contributed by atoms with Crippen molar-refractivity contribution in [2.75, 3.05) is 5.75 Å². The molecule has 0 aromatic heterocycles. The predicted molar refractivity (Wildman–Crippen MR) is 85.6 cm³/mol. The summed E-state index contributed by atoms with van der Waals surface area (Å²) in [4.78, 5) is 13.4. The zero-order valence-electron chi connectivity index (χ0n) is 11.4. The number of ketones is 1. The Morgan fingerprint density at radius 1 is 1.32 bits per heavy atom. The fourth-order valence-corrected chi connectivity index (χ4v) is 4.20. The first-order valence-corrected chi connectivity index (χ1v) is 8.88. The van der Waals surface area contributed by atoms with Crippen molar-refractivity contribution in [1.29, 1.82) is 0 Å². The van der Waals surface area contributed by atoms with Crippen LogP contribution in [0, 0.1) is 11.8 Å². The Morgan fingerprint density at radius 2 is 2.05 bits per heavy atom. The van der Waals surface area contributed by atoms with E-state index in [2.05, 4.69) is 35.0 Å². The van der Waals surface area contributed by atoms with Gasteiger partial charge in [0.05, 0.1) is 5.75 Å². The van der Waals surface area contributed by atoms with Crippen molar-refractivity contribution in [2.45, 2.75) is 43.9 Å². The number of halogens is 1. The molecule has 1 aliphatic carbocycles. The first kappa shape index (κ1) is 15.1. The van der Waals surface area contributed by atoms with E-state index in [0.29, 0.717) is 17.5 Å². The number of benzene rings is 1. The smallest absolute Gasteiger partial charge is 0.146 e. The minimum atomic E-state index is 0.322. The third-order valence-electron chi connectivity index (χ3n) is 4.06. The van der Waals surface area contributed by atoms with Crippen molar-refractivity contribution in [3.05, 3.63) is 28.7 Å². The minimum Gasteiger partial charge on any atom is -0.298 e. The van der Waals surface area contributed by atoms with E-state index in [1.165, 1.54) is 24.2 Å². The lowest BCUT2D eigenvalue weighted by atomic mass is 9.79. The van der Waals surface area contributed by atoms with Crippen molar-refractivity contribution in [3.8, 4) is 0 Å². The molecular weight excluding hydrogens is 320 g/mol. The Labute approximate surface area is 128 Å². The molecule has 0 bridgehead atoms. The molecule has 0 unspecified atom stereocenters. The highest BCUT2D eigenvalue weighted by Gasteiger charge is 2.25. The van der Waals surface area contributed by atoms with E-state index in [9.17, 15) is 4.79 Å². The maximum Gasteiger partial charge on any atom is 0.146 e. The Balaban J connectivity index is 1.79. The largest absolute Gasteiger partial charge is 0.298 e. The van der Waals surface area contributed by atoms with E-state index in [4.69, 9.17) is 0 Å². The Bertz CT molecular complexity index is 425. The van der Waals surface area contributed by atoms with E-state index in [1.54, 1.807) is 11.8 Å². The van der Waals surface area contributed by atoms with Crippen molar-refractivity contribution in [2.24, 2.45) is 11.8 Å². The SMILES string of the molecule is CCC1CCC(C(=O)CSc2cccc(Br)c2)CC1. The average molecular weight is 341 g/mol. The van der Waals surface area contributed by atoms with Crippen LogP contribution >= 0.6 is 27.7 Å². The topological polar surface area (TPSA) is 17.1 Å². The monoisotopic (exact) mass is 340 g/mol. The van der Waals surface area contributed by atoms with E-state index in [-0.39, 0.29) is 0 Å². The lowest BCUT2D eigenvalue weighted by molar-refractivity contribution is -0.121. The molecule has 0 amide bonds. The fraction of sp³-hybridized carbons (Fsp3) is 0.562. The fourth-order valence-electron chi connectivity index (χ4n) is 2.72. The van der Waals surface area contributed by atoms with Crippen molar-refractivity contribution < 1.29 is 4.79 Å². The van der Waals surface area contributed by atoms with Gasteiger partial charge in [-0.15, -0.1) is 11.8 Å². The summed E-state index contributed by atoms with van der Waals surface area (Å²) in [7, 11) is 0. The summed E-state index contributed by atoms with van der Waals surface area (Å²) in [5.74, 6) is 2.25. The molecule has 0 saturated heterocycles. The van der Waals surface area contributed by atoms with E-state index in [0.717, 1.165) is 23.2 Å². The highest BCUT2D eigenvalue weighted by molar-refractivity contribution is 9.10. The number of rotatable bonds is 5. The Hall–Kier alpha value is -0.280. The van der Waals surface area contributed by atoms with Crippen LogP contribution < -0.4 is 0 Å². The molecule has 2 rings (SSSR count). The molecule has 0 heterocycles. The Kier molecular flexibility index (Phi) is 5.96. The first-order valence-electron chi connectivity index (χ1n) is 7.10. The molecule has 1 fully saturated rings. The maximum absolute atomic E-state index is 12.2. The lowest BCUT2D eigenvalue weighted by Crippen LogP contribution is -2.23. The van der Waals surface area contributed by atoms with Crippen LogP contribution in [0.5, 0.6) is 0 Å². The van der Waals surface area contributed by atoms with Crippen LogP contribution in [-0.4, -0.2) is 11.5 Å². The Morgan fingerprint density at radius 3 is 2.68 bits per heavy atom. The van der Waals surface area contributed by atoms with Gasteiger partial charge in [0.15, 0.2) is 0 Å². The van der Waals surface area contributed by atoms with Gasteiger partial charge < -0.3 is 0 Å². The number of hydrogen-bond acceptors (Lipinski definition) is 2. The summed E-state index contributed by atoms with van der Waals surface area (Å²) in [5, 5.41) is 0. The summed E-state index contributed by atoms with van der Waals surface area (Å²) in [6, 6.07) is 8.17. The van der Waals surface area contributed by atoms with Crippen LogP contribution in [-0.2, 0) is 4.79 Å². The highest BCUT2D eigenvalue weighted by atomic mass is 79.9. The van der Waals surface area contributed by atoms with Crippen LogP contribution in [0.15, 0.2) is 33.6 Å². The molecule has 1 nitrogen and oxygen atoms in total. The zero-order valence-corrected chi connectivity index (χ0v) is 13.8. The molecule has 104 valence electrons. The highest BCUT2D eigenvalue weighted by Crippen LogP contribution is 2.32. The van der Waals surface area contributed by atoms with E-state index in [1.807, 2.05) is 12.1 Å². The standard InChI is InChI=1S/C16H21BrOS/c1-2-12-6-8-13(9-7-12)16(18)11-19-15-5-3-4-14(17)10-15/h3-5,10,12-13H,2,6-9,11H2,1H3. The van der Waals surface area contributed by atoms with Gasteiger partial charge in [-0.05, 0) is 49.8 Å². The molecule has 0 aliphatic heterocycles. The number of carbonyl (C=O) groups excluding carboxylic acids is 1. The van der Waals surface area contributed by atoms with Crippen LogP contribution in [0.4, 0.5) is 0 Å². The van der Waals surface area contributed by atoms with Crippen molar-refractivity contribution in [3.63, 3.8) is 0 Å². The molecule has 0 spiro atoms. The van der Waals surface area contributed by atoms with E-state index < -0.39 is 0 Å². The van der Waals surface area contributed by atoms with Crippen molar-refractivity contribution in [1.82, 2.24) is 0 Å². The number of carbonyl (C=O) groups is 1. The molecule has 1 aliphatic rings. The van der Waals surface area contributed by atoms with Gasteiger partial charge in [-0.2, -0.15) is 0 Å². The molecule has 19 heavy (non-hydrogen) atoms. The number of hydrogen-bond donors (Lipinski definition) is 0. The van der Waals surface area contributed by atoms with Crippen molar-refractivity contribution >= 4 is 33.5 Å². The number of thioether (sulfide) groups is 1. The quantitative estimate of drug-likeness (QED) is 0.674. The predicted octanol–water partition coefficient (Wildman–Crippen LogP) is 5.33. The summed E-state index contributed by atoms with van der Waals surface area (Å²) in [5.41, 5.74) is 0. The van der Waals surface area contributed by atoms with Crippen LogP contribution in [0.25, 0.3) is 0 Å². The van der Waals surface area contributed by atoms with Crippen LogP contribution in [0.2, 0.25) is 0 Å². The molecule has 0 atom stereocenters. The molecule has 3 heteroatoms. The zero-order chi connectivity index (χ0) is 13.7. The normalized spacial score (nSPS) is 23.3. The second-order valence-electron chi connectivity index (χ2n) is 5.34. The third kappa shape index (κ3) is 4.64. The van der Waals surface area contributed by atoms with Gasteiger partial charge in [-0.25, -0.2) is 0 Å². The first-order chi connectivity index (χ1) is 9.19. The van der Waals surface area contributed by atoms with Crippen LogP contribution in [0.1, 0.15) is 39.0 Å². The average Bonchev–Trinajstić information content (AvgIpc) is 2.45.